The van der Waals surface area contributed by atoms with E-state index in [1.807, 2.05) is 51.1 Å². The van der Waals surface area contributed by atoms with E-state index in [9.17, 15) is 4.79 Å². The van der Waals surface area contributed by atoms with Crippen LogP contribution in [0.1, 0.15) is 20.8 Å². The van der Waals surface area contributed by atoms with Crippen molar-refractivity contribution >= 4 is 10.9 Å². The van der Waals surface area contributed by atoms with Gasteiger partial charge in [0.25, 0.3) is 5.56 Å². The molecule has 0 aliphatic heterocycles. The van der Waals surface area contributed by atoms with Gasteiger partial charge in [0.2, 0.25) is 0 Å². The van der Waals surface area contributed by atoms with Gasteiger partial charge in [0, 0.05) is 5.56 Å². The van der Waals surface area contributed by atoms with E-state index in [2.05, 4.69) is 4.98 Å². The van der Waals surface area contributed by atoms with E-state index in [-0.39, 0.29) is 11.2 Å². The van der Waals surface area contributed by atoms with Crippen molar-refractivity contribution in [1.82, 2.24) is 9.66 Å². The molecule has 5 nitrogen and oxygen atoms in total. The molecular formula is C18H19N3O2. The molecule has 23 heavy (non-hydrogen) atoms. The molecule has 1 heterocycles. The third-order valence-corrected chi connectivity index (χ3v) is 3.34. The summed E-state index contributed by atoms with van der Waals surface area (Å²) < 4.78 is 6.88. The van der Waals surface area contributed by atoms with Crippen molar-refractivity contribution < 1.29 is 4.74 Å². The van der Waals surface area contributed by atoms with E-state index in [4.69, 9.17) is 10.6 Å². The maximum absolute atomic E-state index is 12.4. The number of rotatable bonds is 2. The van der Waals surface area contributed by atoms with Gasteiger partial charge < -0.3 is 10.6 Å². The molecule has 2 aromatic carbocycles. The second kappa shape index (κ2) is 5.43. The Morgan fingerprint density at radius 2 is 1.70 bits per heavy atom. The molecular weight excluding hydrogens is 290 g/mol. The summed E-state index contributed by atoms with van der Waals surface area (Å²) in [5, 5.41) is 0.506. The average molecular weight is 309 g/mol. The summed E-state index contributed by atoms with van der Waals surface area (Å²) in [5.74, 6) is 7.12. The fourth-order valence-corrected chi connectivity index (χ4v) is 2.38. The maximum Gasteiger partial charge on any atom is 0.280 e. The predicted molar refractivity (Wildman–Crippen MR) is 92.0 cm³/mol. The van der Waals surface area contributed by atoms with E-state index >= 15 is 0 Å². The van der Waals surface area contributed by atoms with Gasteiger partial charge in [-0.3, -0.25) is 4.79 Å². The Morgan fingerprint density at radius 3 is 2.35 bits per heavy atom. The van der Waals surface area contributed by atoms with Crippen LogP contribution in [0.15, 0.2) is 53.3 Å². The Bertz CT molecular complexity index is 906. The molecule has 0 fully saturated rings. The number of nitrogens with two attached hydrogens (primary N) is 1. The molecule has 0 radical (unpaired) electrons. The fraction of sp³-hybridized carbons (Fsp3) is 0.222. The number of nitrogen functional groups attached to an aromatic ring is 1. The maximum atomic E-state index is 12.4. The van der Waals surface area contributed by atoms with Crippen LogP contribution < -0.4 is 16.1 Å². The van der Waals surface area contributed by atoms with Gasteiger partial charge in [-0.2, -0.15) is 0 Å². The van der Waals surface area contributed by atoms with E-state index in [0.717, 1.165) is 16.0 Å². The molecule has 0 spiro atoms. The molecule has 0 atom stereocenters. The van der Waals surface area contributed by atoms with Crippen LogP contribution in [-0.2, 0) is 0 Å². The first-order chi connectivity index (χ1) is 10.8. The second-order valence-electron chi connectivity index (χ2n) is 6.37. The zero-order valence-electron chi connectivity index (χ0n) is 13.4. The number of hydrogen-bond acceptors (Lipinski definition) is 4. The minimum atomic E-state index is -0.265. The summed E-state index contributed by atoms with van der Waals surface area (Å²) in [6.07, 6.45) is 0. The number of fused-ring (bicyclic) bond motifs is 1. The first-order valence-corrected chi connectivity index (χ1v) is 7.41. The van der Waals surface area contributed by atoms with Crippen LogP contribution in [0, 0.1) is 0 Å². The highest BCUT2D eigenvalue weighted by Gasteiger charge is 2.13. The summed E-state index contributed by atoms with van der Waals surface area (Å²) in [5.41, 5.74) is 0.861. The SMILES string of the molecule is CC(C)(C)Oc1ccc(-c2nc3ccccc3c(=O)n2N)cc1. The van der Waals surface area contributed by atoms with Gasteiger partial charge in [0.1, 0.15) is 11.4 Å². The number of ether oxygens (including phenoxy) is 1. The quantitative estimate of drug-likeness (QED) is 0.739. The van der Waals surface area contributed by atoms with Crippen molar-refractivity contribution in [3.8, 4) is 17.1 Å². The third kappa shape index (κ3) is 3.04. The largest absolute Gasteiger partial charge is 0.488 e. The number of nitrogens with zero attached hydrogens (tertiary/aromatic N) is 2. The van der Waals surface area contributed by atoms with Crippen LogP contribution in [0.5, 0.6) is 5.75 Å². The molecule has 1 aromatic heterocycles. The molecule has 3 aromatic rings. The lowest BCUT2D eigenvalue weighted by molar-refractivity contribution is 0.131. The molecule has 0 aliphatic carbocycles. The highest BCUT2D eigenvalue weighted by atomic mass is 16.5. The van der Waals surface area contributed by atoms with Gasteiger partial charge in [0.15, 0.2) is 5.82 Å². The smallest absolute Gasteiger partial charge is 0.280 e. The van der Waals surface area contributed by atoms with Crippen molar-refractivity contribution in [1.29, 1.82) is 0 Å². The van der Waals surface area contributed by atoms with E-state index < -0.39 is 0 Å². The van der Waals surface area contributed by atoms with Crippen molar-refractivity contribution in [3.63, 3.8) is 0 Å². The summed E-state index contributed by atoms with van der Waals surface area (Å²) in [6.45, 7) is 5.97. The Kier molecular flexibility index (Phi) is 3.56. The highest BCUT2D eigenvalue weighted by molar-refractivity contribution is 5.79. The molecule has 118 valence electrons. The first kappa shape index (κ1) is 15.1. The number of aromatic nitrogens is 2. The second-order valence-corrected chi connectivity index (χ2v) is 6.37. The van der Waals surface area contributed by atoms with Crippen molar-refractivity contribution in [2.45, 2.75) is 26.4 Å². The lowest BCUT2D eigenvalue weighted by atomic mass is 10.1. The molecule has 2 N–H and O–H groups in total. The zero-order valence-corrected chi connectivity index (χ0v) is 13.4. The Balaban J connectivity index is 2.07. The van der Waals surface area contributed by atoms with Gasteiger partial charge in [-0.05, 0) is 57.2 Å². The Morgan fingerprint density at radius 1 is 1.04 bits per heavy atom. The van der Waals surface area contributed by atoms with Crippen LogP contribution in [-0.4, -0.2) is 15.3 Å². The Hall–Kier alpha value is -2.82. The van der Waals surface area contributed by atoms with E-state index in [1.54, 1.807) is 18.2 Å². The van der Waals surface area contributed by atoms with Gasteiger partial charge in [-0.25, -0.2) is 9.66 Å². The topological polar surface area (TPSA) is 70.1 Å². The Labute approximate surface area is 134 Å². The van der Waals surface area contributed by atoms with Crippen molar-refractivity contribution in [2.75, 3.05) is 5.84 Å². The van der Waals surface area contributed by atoms with E-state index in [1.165, 1.54) is 0 Å². The predicted octanol–water partition coefficient (Wildman–Crippen LogP) is 2.95. The van der Waals surface area contributed by atoms with E-state index in [0.29, 0.717) is 16.7 Å². The molecule has 0 amide bonds. The third-order valence-electron chi connectivity index (χ3n) is 3.34. The number of para-hydroxylation sites is 1. The molecule has 0 saturated heterocycles. The minimum absolute atomic E-state index is 0.263. The van der Waals surface area contributed by atoms with Crippen LogP contribution in [0.25, 0.3) is 22.3 Å². The monoisotopic (exact) mass is 309 g/mol. The molecule has 5 heteroatoms. The van der Waals surface area contributed by atoms with Crippen LogP contribution >= 0.6 is 0 Å². The summed E-state index contributed by atoms with van der Waals surface area (Å²) >= 11 is 0. The van der Waals surface area contributed by atoms with Crippen molar-refractivity contribution in [2.24, 2.45) is 0 Å². The van der Waals surface area contributed by atoms with Gasteiger partial charge in [-0.1, -0.05) is 12.1 Å². The number of hydrogen-bond donors (Lipinski definition) is 1. The van der Waals surface area contributed by atoms with Crippen LogP contribution in [0.3, 0.4) is 0 Å². The number of benzene rings is 2. The minimum Gasteiger partial charge on any atom is -0.488 e. The fourth-order valence-electron chi connectivity index (χ4n) is 2.38. The lowest BCUT2D eigenvalue weighted by Gasteiger charge is -2.21. The summed E-state index contributed by atoms with van der Waals surface area (Å²) in [6, 6.07) is 14.6. The molecule has 0 saturated carbocycles. The van der Waals surface area contributed by atoms with Crippen LogP contribution in [0.4, 0.5) is 0 Å². The molecule has 0 bridgehead atoms. The zero-order chi connectivity index (χ0) is 16.6. The average Bonchev–Trinajstić information content (AvgIpc) is 2.50. The summed E-state index contributed by atoms with van der Waals surface area (Å²) in [7, 11) is 0. The highest BCUT2D eigenvalue weighted by Crippen LogP contribution is 2.23. The summed E-state index contributed by atoms with van der Waals surface area (Å²) in [4.78, 5) is 16.9. The normalized spacial score (nSPS) is 11.6. The standard InChI is InChI=1S/C18H19N3O2/c1-18(2,3)23-13-10-8-12(9-11-13)16-20-15-7-5-4-6-14(15)17(22)21(16)19/h4-11H,19H2,1-3H3. The van der Waals surface area contributed by atoms with Crippen molar-refractivity contribution in [3.05, 3.63) is 58.9 Å². The first-order valence-electron chi connectivity index (χ1n) is 7.41. The van der Waals surface area contributed by atoms with Gasteiger partial charge in [0.05, 0.1) is 10.9 Å². The molecule has 0 unspecified atom stereocenters. The lowest BCUT2D eigenvalue weighted by Crippen LogP contribution is -2.29. The molecule has 3 rings (SSSR count). The van der Waals surface area contributed by atoms with Gasteiger partial charge in [-0.15, -0.1) is 0 Å². The van der Waals surface area contributed by atoms with Gasteiger partial charge >= 0.3 is 0 Å². The van der Waals surface area contributed by atoms with Crippen LogP contribution in [0.2, 0.25) is 0 Å². The molecule has 0 aliphatic rings.